The molecule has 2 aliphatic rings. The van der Waals surface area contributed by atoms with E-state index in [1.807, 2.05) is 26.0 Å². The number of nitrogens with zero attached hydrogens (tertiary/aromatic N) is 8. The van der Waals surface area contributed by atoms with Gasteiger partial charge in [0.2, 0.25) is 0 Å². The van der Waals surface area contributed by atoms with Crippen LogP contribution in [-0.2, 0) is 29.8 Å². The summed E-state index contributed by atoms with van der Waals surface area (Å²) in [5.41, 5.74) is 4.74. The molecule has 2 unspecified atom stereocenters. The van der Waals surface area contributed by atoms with Crippen molar-refractivity contribution in [1.29, 1.82) is 0 Å². The van der Waals surface area contributed by atoms with E-state index in [2.05, 4.69) is 30.7 Å². The van der Waals surface area contributed by atoms with E-state index >= 15 is 0 Å². The number of aryl methyl sites for hydroxylation is 2. The zero-order chi connectivity index (χ0) is 39.3. The normalized spacial score (nSPS) is 17.4. The number of hydrazone groups is 2. The van der Waals surface area contributed by atoms with E-state index in [1.165, 1.54) is 12.1 Å². The minimum absolute atomic E-state index is 0. The molecule has 0 N–H and O–H groups in total. The number of carbonyl (C=O) groups is 2. The number of halogens is 2. The van der Waals surface area contributed by atoms with Gasteiger partial charge in [-0.1, -0.05) is 35.3 Å². The number of hydrogen-bond acceptors (Lipinski definition) is 14. The predicted octanol–water partition coefficient (Wildman–Crippen LogP) is 0.843. The summed E-state index contributed by atoms with van der Waals surface area (Å²) in [6.45, 7) is 6.87. The van der Waals surface area contributed by atoms with Gasteiger partial charge in [-0.25, -0.2) is 16.8 Å². The number of benzene rings is 4. The van der Waals surface area contributed by atoms with Crippen molar-refractivity contribution in [2.75, 3.05) is 10.0 Å². The minimum Gasteiger partial charge on any atom is -0.744 e. The second kappa shape index (κ2) is 17.7. The van der Waals surface area contributed by atoms with E-state index < -0.39 is 53.9 Å². The van der Waals surface area contributed by atoms with Crippen LogP contribution in [0.3, 0.4) is 0 Å². The molecule has 56 heavy (non-hydrogen) atoms. The minimum atomic E-state index is -4.81. The van der Waals surface area contributed by atoms with Crippen molar-refractivity contribution < 1.29 is 94.6 Å². The van der Waals surface area contributed by atoms with Crippen molar-refractivity contribution >= 4 is 89.4 Å². The fourth-order valence-electron chi connectivity index (χ4n) is 5.62. The van der Waals surface area contributed by atoms with E-state index in [0.717, 1.165) is 56.5 Å². The summed E-state index contributed by atoms with van der Waals surface area (Å²) in [7, 11) is -9.61. The van der Waals surface area contributed by atoms with Gasteiger partial charge < -0.3 is 9.11 Å². The van der Waals surface area contributed by atoms with E-state index in [-0.39, 0.29) is 92.0 Å². The molecule has 0 saturated carbocycles. The Morgan fingerprint density at radius 2 is 0.946 bits per heavy atom. The first-order valence-corrected chi connectivity index (χ1v) is 19.2. The second-order valence-electron chi connectivity index (χ2n) is 12.2. The van der Waals surface area contributed by atoms with Crippen molar-refractivity contribution in [2.45, 2.75) is 49.6 Å². The first-order valence-electron chi connectivity index (χ1n) is 15.7. The summed E-state index contributed by atoms with van der Waals surface area (Å²) in [5.74, 6) is -1.27. The van der Waals surface area contributed by atoms with Gasteiger partial charge in [-0.05, 0) is 111 Å². The zero-order valence-corrected chi connectivity index (χ0v) is 37.6. The molecule has 0 bridgehead atoms. The summed E-state index contributed by atoms with van der Waals surface area (Å²) in [6, 6.07) is 14.9. The first kappa shape index (κ1) is 45.5. The molecule has 22 heteroatoms. The third-order valence-corrected chi connectivity index (χ3v) is 10.7. The quantitative estimate of drug-likeness (QED) is 0.133. The Labute approximate surface area is 375 Å². The van der Waals surface area contributed by atoms with Gasteiger partial charge in [0.15, 0.2) is 12.1 Å². The third-order valence-electron chi connectivity index (χ3n) is 8.35. The molecule has 0 saturated heterocycles. The largest absolute Gasteiger partial charge is 1.00 e. The molecule has 16 nitrogen and oxygen atoms in total. The van der Waals surface area contributed by atoms with Crippen LogP contribution in [0.2, 0.25) is 10.0 Å². The molecule has 0 aliphatic carbocycles. The smallest absolute Gasteiger partial charge is 0.744 e. The van der Waals surface area contributed by atoms with Gasteiger partial charge >= 0.3 is 59.1 Å². The topological polar surface area (TPSA) is 229 Å². The van der Waals surface area contributed by atoms with Crippen LogP contribution in [0, 0.1) is 13.8 Å². The van der Waals surface area contributed by atoms with E-state index in [1.54, 1.807) is 38.1 Å². The van der Waals surface area contributed by atoms with Crippen LogP contribution >= 0.6 is 23.2 Å². The number of hydrogen-bond donors (Lipinski definition) is 0. The van der Waals surface area contributed by atoms with Crippen LogP contribution in [0.25, 0.3) is 11.1 Å². The number of azo groups is 2. The molecular weight excluding hydrogens is 829 g/mol. The van der Waals surface area contributed by atoms with Crippen molar-refractivity contribution in [3.63, 3.8) is 0 Å². The van der Waals surface area contributed by atoms with Crippen molar-refractivity contribution in [1.82, 2.24) is 0 Å². The van der Waals surface area contributed by atoms with Gasteiger partial charge in [-0.3, -0.25) is 9.59 Å². The van der Waals surface area contributed by atoms with Crippen molar-refractivity contribution in [2.24, 2.45) is 30.7 Å². The monoisotopic (exact) mass is 854 g/mol. The third kappa shape index (κ3) is 9.54. The zero-order valence-electron chi connectivity index (χ0n) is 30.5. The predicted molar refractivity (Wildman–Crippen MR) is 198 cm³/mol. The number of anilines is 2. The van der Waals surface area contributed by atoms with Gasteiger partial charge in [0, 0.05) is 0 Å². The van der Waals surface area contributed by atoms with E-state index in [0.29, 0.717) is 11.4 Å². The molecule has 0 radical (unpaired) electrons. The average Bonchev–Trinajstić information content (AvgIpc) is 3.54. The Kier molecular flexibility index (Phi) is 14.4. The summed E-state index contributed by atoms with van der Waals surface area (Å²) >= 11 is 12.4. The summed E-state index contributed by atoms with van der Waals surface area (Å²) in [6.07, 6.45) is 0. The SMILES string of the molecule is CC1=NN(c2cc(S(=O)(=O)[O-])ccc2Cl)C(=O)C1N=Nc1ccc(-c2ccc(N=NC3C(=O)N(c4cc(S(=O)(=O)[O-])ccc4Cl)N=C3C)cc2C)c(C)c1.[Na+].[Na+]. The Morgan fingerprint density at radius 1 is 0.589 bits per heavy atom. The standard InChI is InChI=1S/C34H28Cl2N8O8S2.2Na/c1-17-13-21(37-39-31-19(3)41-43(33(31)45)29-15-23(53(47,48)49)7-11-27(29)35)5-9-25(17)26-10-6-22(14-18(26)2)38-40-32-20(4)42-44(34(32)46)30-16-24(54(50,51)52)8-12-28(30)36;;/h5-16,31-32H,1-4H3,(H,47,48,49)(H,50,51,52);;/q;2*+1/p-2. The molecule has 4 aromatic carbocycles. The molecule has 0 aromatic heterocycles. The maximum atomic E-state index is 13.2. The van der Waals surface area contributed by atoms with Crippen LogP contribution in [0.5, 0.6) is 0 Å². The van der Waals surface area contributed by atoms with Crippen LogP contribution in [0.4, 0.5) is 22.7 Å². The second-order valence-corrected chi connectivity index (χ2v) is 15.7. The number of carbonyl (C=O) groups excluding carboxylic acids is 2. The molecule has 2 aliphatic heterocycles. The number of amides is 2. The van der Waals surface area contributed by atoms with Crippen LogP contribution in [0.15, 0.2) is 113 Å². The van der Waals surface area contributed by atoms with Gasteiger partial charge in [-0.15, -0.1) is 0 Å². The molecule has 4 aromatic rings. The Bertz CT molecular complexity index is 2450. The Morgan fingerprint density at radius 3 is 1.27 bits per heavy atom. The maximum absolute atomic E-state index is 13.2. The molecular formula is C34H26Cl2N8Na2O8S2. The van der Waals surface area contributed by atoms with Crippen LogP contribution in [0.1, 0.15) is 25.0 Å². The fraction of sp³-hybridized carbons (Fsp3) is 0.176. The van der Waals surface area contributed by atoms with Crippen LogP contribution < -0.4 is 69.1 Å². The first-order chi connectivity index (χ1) is 25.3. The van der Waals surface area contributed by atoms with Gasteiger partial charge in [0.1, 0.15) is 20.2 Å². The van der Waals surface area contributed by atoms with E-state index in [4.69, 9.17) is 23.2 Å². The maximum Gasteiger partial charge on any atom is 1.00 e. The van der Waals surface area contributed by atoms with Crippen molar-refractivity contribution in [3.05, 3.63) is 94.0 Å². The van der Waals surface area contributed by atoms with E-state index in [9.17, 15) is 35.5 Å². The van der Waals surface area contributed by atoms with Gasteiger partial charge in [0.05, 0.1) is 54.0 Å². The molecule has 0 spiro atoms. The average molecular weight is 856 g/mol. The summed E-state index contributed by atoms with van der Waals surface area (Å²) < 4.78 is 69.1. The molecule has 2 heterocycles. The molecule has 6 rings (SSSR count). The summed E-state index contributed by atoms with van der Waals surface area (Å²) in [5, 5.41) is 27.0. The summed E-state index contributed by atoms with van der Waals surface area (Å²) in [4.78, 5) is 25.3. The molecule has 278 valence electrons. The molecule has 0 fully saturated rings. The van der Waals surface area contributed by atoms with Crippen molar-refractivity contribution in [3.8, 4) is 11.1 Å². The molecule has 2 atom stereocenters. The Balaban J connectivity index is 0.00000348. The fourth-order valence-corrected chi connectivity index (χ4v) is 6.99. The number of rotatable bonds is 9. The van der Waals surface area contributed by atoms with Crippen LogP contribution in [-0.4, -0.2) is 61.3 Å². The van der Waals surface area contributed by atoms with Gasteiger partial charge in [0.25, 0.3) is 11.8 Å². The Hall–Kier alpha value is -3.24. The van der Waals surface area contributed by atoms with Gasteiger partial charge in [-0.2, -0.15) is 40.7 Å². The molecule has 2 amide bonds.